The lowest BCUT2D eigenvalue weighted by Crippen LogP contribution is -2.15. The minimum atomic E-state index is -4.69. The third-order valence-electron chi connectivity index (χ3n) is 4.41. The van der Waals surface area contributed by atoms with Crippen LogP contribution in [0.25, 0.3) is 5.65 Å². The number of hydrogen-bond donors (Lipinski definition) is 1. The van der Waals surface area contributed by atoms with Gasteiger partial charge in [-0.25, -0.2) is 9.50 Å². The second-order valence-electron chi connectivity index (χ2n) is 6.76. The third kappa shape index (κ3) is 4.10. The molecule has 0 atom stereocenters. The van der Waals surface area contributed by atoms with Crippen molar-refractivity contribution >= 4 is 28.8 Å². The molecular formula is C18H16ClF3N8O. The Labute approximate surface area is 178 Å². The number of rotatable bonds is 5. The second-order valence-corrected chi connectivity index (χ2v) is 7.14. The number of anilines is 1. The lowest BCUT2D eigenvalue weighted by Gasteiger charge is -2.09. The monoisotopic (exact) mass is 452 g/mol. The van der Waals surface area contributed by atoms with Gasteiger partial charge in [0.15, 0.2) is 11.3 Å². The molecule has 13 heteroatoms. The fourth-order valence-corrected chi connectivity index (χ4v) is 3.26. The van der Waals surface area contributed by atoms with E-state index >= 15 is 0 Å². The lowest BCUT2D eigenvalue weighted by molar-refractivity contribution is -0.142. The van der Waals surface area contributed by atoms with Gasteiger partial charge in [0.25, 0.3) is 5.91 Å². The lowest BCUT2D eigenvalue weighted by atomic mass is 10.3. The highest BCUT2D eigenvalue weighted by molar-refractivity contribution is 6.37. The number of nitrogens with zero attached hydrogens (tertiary/aromatic N) is 7. The molecule has 4 aromatic rings. The molecule has 0 saturated carbocycles. The van der Waals surface area contributed by atoms with Crippen LogP contribution in [0.15, 0.2) is 30.9 Å². The second kappa shape index (κ2) is 7.69. The van der Waals surface area contributed by atoms with Crippen molar-refractivity contribution in [2.75, 3.05) is 5.32 Å². The van der Waals surface area contributed by atoms with E-state index in [0.717, 1.165) is 18.2 Å². The summed E-state index contributed by atoms with van der Waals surface area (Å²) in [6.07, 6.45) is 1.89. The van der Waals surface area contributed by atoms with Crippen molar-refractivity contribution in [1.29, 1.82) is 0 Å². The number of nitrogens with one attached hydrogen (secondary N) is 1. The van der Waals surface area contributed by atoms with Crippen LogP contribution in [-0.4, -0.2) is 40.1 Å². The van der Waals surface area contributed by atoms with Crippen LogP contribution in [0.1, 0.15) is 34.4 Å². The Balaban J connectivity index is 1.58. The van der Waals surface area contributed by atoms with Gasteiger partial charge in [-0.15, -0.1) is 0 Å². The van der Waals surface area contributed by atoms with E-state index in [9.17, 15) is 18.0 Å². The normalized spacial score (nSPS) is 11.9. The van der Waals surface area contributed by atoms with E-state index in [1.165, 1.54) is 13.1 Å². The highest BCUT2D eigenvalue weighted by Crippen LogP contribution is 2.32. The van der Waals surface area contributed by atoms with E-state index in [0.29, 0.717) is 16.7 Å². The highest BCUT2D eigenvalue weighted by Gasteiger charge is 2.36. The van der Waals surface area contributed by atoms with Crippen LogP contribution in [0, 0.1) is 6.92 Å². The third-order valence-corrected chi connectivity index (χ3v) is 4.76. The standard InChI is InChI=1S/C18H16ClF3N8O/c1-3-28-7-11(5-23-28)8-29-9-12(6-24-29)26-17(31)15-14(19)16-25-10(2)4-13(18(20,21)22)30(16)27-15/h4-7,9H,3,8H2,1-2H3,(H,26,31). The molecule has 4 heterocycles. The fraction of sp³-hybridized carbons (Fsp3) is 0.278. The molecule has 0 aliphatic carbocycles. The summed E-state index contributed by atoms with van der Waals surface area (Å²) in [5.74, 6) is -0.778. The molecule has 31 heavy (non-hydrogen) atoms. The first-order valence-electron chi connectivity index (χ1n) is 9.14. The van der Waals surface area contributed by atoms with Crippen LogP contribution in [0.2, 0.25) is 5.02 Å². The summed E-state index contributed by atoms with van der Waals surface area (Å²) < 4.78 is 43.9. The summed E-state index contributed by atoms with van der Waals surface area (Å²) in [4.78, 5) is 16.6. The van der Waals surface area contributed by atoms with Crippen molar-refractivity contribution in [2.24, 2.45) is 0 Å². The van der Waals surface area contributed by atoms with Crippen LogP contribution in [-0.2, 0) is 19.3 Å². The van der Waals surface area contributed by atoms with Crippen LogP contribution in [0.3, 0.4) is 0 Å². The summed E-state index contributed by atoms with van der Waals surface area (Å²) in [7, 11) is 0. The van der Waals surface area contributed by atoms with E-state index < -0.39 is 17.8 Å². The largest absolute Gasteiger partial charge is 0.433 e. The van der Waals surface area contributed by atoms with Gasteiger partial charge in [-0.2, -0.15) is 28.5 Å². The Morgan fingerprint density at radius 2 is 1.94 bits per heavy atom. The summed E-state index contributed by atoms with van der Waals surface area (Å²) >= 11 is 6.14. The van der Waals surface area contributed by atoms with E-state index in [1.54, 1.807) is 21.8 Å². The Hall–Kier alpha value is -3.41. The van der Waals surface area contributed by atoms with Crippen LogP contribution < -0.4 is 5.32 Å². The van der Waals surface area contributed by atoms with Crippen LogP contribution in [0.5, 0.6) is 0 Å². The Morgan fingerprint density at radius 1 is 1.19 bits per heavy atom. The van der Waals surface area contributed by atoms with Gasteiger partial charge >= 0.3 is 6.18 Å². The molecule has 0 bridgehead atoms. The van der Waals surface area contributed by atoms with Crippen molar-refractivity contribution in [2.45, 2.75) is 33.1 Å². The van der Waals surface area contributed by atoms with Gasteiger partial charge in [0.05, 0.1) is 24.6 Å². The highest BCUT2D eigenvalue weighted by atomic mass is 35.5. The average Bonchev–Trinajstić information content (AvgIpc) is 3.41. The number of carbonyl (C=O) groups excluding carboxylic acids is 1. The zero-order valence-corrected chi connectivity index (χ0v) is 17.1. The smallest absolute Gasteiger partial charge is 0.318 e. The van der Waals surface area contributed by atoms with E-state index in [-0.39, 0.29) is 22.1 Å². The predicted octanol–water partition coefficient (Wildman–Crippen LogP) is 3.42. The molecule has 0 aromatic carbocycles. The zero-order chi connectivity index (χ0) is 22.3. The Bertz CT molecular complexity index is 1270. The number of fused-ring (bicyclic) bond motifs is 1. The Kier molecular flexibility index (Phi) is 5.17. The number of aryl methyl sites for hydroxylation is 2. The Morgan fingerprint density at radius 3 is 2.61 bits per heavy atom. The van der Waals surface area contributed by atoms with Gasteiger partial charge in [-0.3, -0.25) is 14.2 Å². The molecule has 162 valence electrons. The maximum absolute atomic E-state index is 13.3. The van der Waals surface area contributed by atoms with Crippen molar-refractivity contribution in [3.05, 3.63) is 58.5 Å². The number of aromatic nitrogens is 7. The van der Waals surface area contributed by atoms with E-state index in [1.807, 2.05) is 13.1 Å². The molecular weight excluding hydrogens is 437 g/mol. The van der Waals surface area contributed by atoms with Gasteiger partial charge in [0, 0.05) is 30.2 Å². The molecule has 4 rings (SSSR count). The molecule has 1 amide bonds. The van der Waals surface area contributed by atoms with E-state index in [2.05, 4.69) is 25.6 Å². The molecule has 0 aliphatic heterocycles. The van der Waals surface area contributed by atoms with E-state index in [4.69, 9.17) is 11.6 Å². The van der Waals surface area contributed by atoms with Gasteiger partial charge in [-0.1, -0.05) is 11.6 Å². The molecule has 0 spiro atoms. The average molecular weight is 453 g/mol. The molecule has 0 aliphatic rings. The van der Waals surface area contributed by atoms with Crippen LogP contribution in [0.4, 0.5) is 18.9 Å². The van der Waals surface area contributed by atoms with Crippen LogP contribution >= 0.6 is 11.6 Å². The quantitative estimate of drug-likeness (QED) is 0.500. The molecule has 0 fully saturated rings. The fourth-order valence-electron chi connectivity index (χ4n) is 3.01. The first-order valence-corrected chi connectivity index (χ1v) is 9.51. The molecule has 1 N–H and O–H groups in total. The maximum atomic E-state index is 13.3. The van der Waals surface area contributed by atoms with Crippen molar-refractivity contribution in [3.8, 4) is 0 Å². The summed E-state index contributed by atoms with van der Waals surface area (Å²) in [5, 5.41) is 14.4. The molecule has 0 unspecified atom stereocenters. The van der Waals surface area contributed by atoms with Crippen molar-refractivity contribution in [1.82, 2.24) is 34.2 Å². The number of hydrogen-bond acceptors (Lipinski definition) is 5. The molecule has 0 saturated heterocycles. The number of carbonyl (C=O) groups is 1. The van der Waals surface area contributed by atoms with Gasteiger partial charge < -0.3 is 5.32 Å². The van der Waals surface area contributed by atoms with Crippen molar-refractivity contribution < 1.29 is 18.0 Å². The topological polar surface area (TPSA) is 94.9 Å². The summed E-state index contributed by atoms with van der Waals surface area (Å²) in [6, 6.07) is 0.836. The maximum Gasteiger partial charge on any atom is 0.433 e. The molecule has 0 radical (unpaired) electrons. The van der Waals surface area contributed by atoms with Gasteiger partial charge in [0.2, 0.25) is 0 Å². The number of alkyl halides is 3. The predicted molar refractivity (Wildman–Crippen MR) is 105 cm³/mol. The summed E-state index contributed by atoms with van der Waals surface area (Å²) in [5.41, 5.74) is -0.337. The number of halogens is 4. The minimum absolute atomic E-state index is 0.0984. The first-order chi connectivity index (χ1) is 14.7. The van der Waals surface area contributed by atoms with Crippen molar-refractivity contribution in [3.63, 3.8) is 0 Å². The first kappa shape index (κ1) is 20.8. The van der Waals surface area contributed by atoms with Gasteiger partial charge in [0.1, 0.15) is 10.7 Å². The number of amides is 1. The minimum Gasteiger partial charge on any atom is -0.318 e. The molecule has 4 aromatic heterocycles. The molecule has 9 nitrogen and oxygen atoms in total. The zero-order valence-electron chi connectivity index (χ0n) is 16.4. The summed E-state index contributed by atoms with van der Waals surface area (Å²) in [6.45, 7) is 4.54. The van der Waals surface area contributed by atoms with Gasteiger partial charge in [-0.05, 0) is 19.9 Å². The SMILES string of the molecule is CCn1cc(Cn2cc(NC(=O)c3nn4c(C(F)(F)F)cc(C)nc4c3Cl)cn2)cn1.